The molecular formula is C21H40N4O3. The number of likely N-dealkylation sites (tertiary alicyclic amines) is 1. The topological polar surface area (TPSA) is 65.1 Å². The summed E-state index contributed by atoms with van der Waals surface area (Å²) in [4.78, 5) is 32.3. The van der Waals surface area contributed by atoms with Crippen LogP contribution in [0.4, 0.5) is 4.79 Å². The lowest BCUT2D eigenvalue weighted by atomic mass is 9.97. The molecule has 2 aliphatic heterocycles. The molecule has 7 nitrogen and oxygen atoms in total. The maximum absolute atomic E-state index is 13.2. The highest BCUT2D eigenvalue weighted by Crippen LogP contribution is 2.19. The van der Waals surface area contributed by atoms with Crippen molar-refractivity contribution in [2.24, 2.45) is 5.92 Å². The summed E-state index contributed by atoms with van der Waals surface area (Å²) in [5.41, 5.74) is -0.868. The molecule has 0 aliphatic carbocycles. The van der Waals surface area contributed by atoms with Gasteiger partial charge in [-0.3, -0.25) is 9.69 Å². The molecule has 0 aromatic heterocycles. The van der Waals surface area contributed by atoms with Crippen LogP contribution < -0.4 is 5.32 Å². The highest BCUT2D eigenvalue weighted by atomic mass is 16.6. The molecule has 0 aromatic carbocycles. The summed E-state index contributed by atoms with van der Waals surface area (Å²) in [5.74, 6) is -0.0101. The first kappa shape index (κ1) is 21.4. The predicted molar refractivity (Wildman–Crippen MR) is 111 cm³/mol. The molecule has 0 bridgehead atoms. The molecule has 7 heteroatoms. The Kier molecular flexibility index (Phi) is 7.57. The van der Waals surface area contributed by atoms with Crippen LogP contribution >= 0.6 is 0 Å². The molecule has 0 saturated carbocycles. The second kappa shape index (κ2) is 9.92. The summed E-state index contributed by atoms with van der Waals surface area (Å²) in [5, 5.41) is 2.78. The third-order valence-corrected chi connectivity index (χ3v) is 5.95. The van der Waals surface area contributed by atoms with E-state index in [0.717, 1.165) is 32.6 Å². The van der Waals surface area contributed by atoms with Crippen molar-refractivity contribution in [3.8, 4) is 0 Å². The van der Waals surface area contributed by atoms with E-state index in [2.05, 4.69) is 22.2 Å². The van der Waals surface area contributed by atoms with Gasteiger partial charge in [0.1, 0.15) is 11.6 Å². The molecule has 162 valence electrons. The van der Waals surface area contributed by atoms with Crippen molar-refractivity contribution in [3.05, 3.63) is 0 Å². The Hall–Kier alpha value is -1.34. The average molecular weight is 398 g/mol. The van der Waals surface area contributed by atoms with Gasteiger partial charge in [0.15, 0.2) is 0 Å². The van der Waals surface area contributed by atoms with Gasteiger partial charge in [0.2, 0.25) is 5.91 Å². The smallest absolute Gasteiger partial charge is 0.408 e. The van der Waals surface area contributed by atoms with Gasteiger partial charge in [0.05, 0.1) is 0 Å². The summed E-state index contributed by atoms with van der Waals surface area (Å²) >= 11 is 0. The van der Waals surface area contributed by atoms with Gasteiger partial charge >= 0.3 is 6.09 Å². The van der Waals surface area contributed by atoms with Gasteiger partial charge in [-0.1, -0.05) is 20.3 Å². The maximum atomic E-state index is 13.2. The van der Waals surface area contributed by atoms with Crippen LogP contribution in [0.1, 0.15) is 55.2 Å². The molecule has 2 fully saturated rings. The fourth-order valence-corrected chi connectivity index (χ4v) is 3.95. The van der Waals surface area contributed by atoms with E-state index >= 15 is 0 Å². The minimum Gasteiger partial charge on any atom is -0.444 e. The van der Waals surface area contributed by atoms with Crippen LogP contribution in [-0.4, -0.2) is 90.7 Å². The van der Waals surface area contributed by atoms with E-state index in [4.69, 9.17) is 6.11 Å². The third kappa shape index (κ3) is 6.62. The van der Waals surface area contributed by atoms with E-state index in [9.17, 15) is 9.59 Å². The largest absolute Gasteiger partial charge is 0.444 e. The number of rotatable bonds is 5. The normalized spacial score (nSPS) is 23.0. The van der Waals surface area contributed by atoms with Gasteiger partial charge in [0.25, 0.3) is 0 Å². The highest BCUT2D eigenvalue weighted by Gasteiger charge is 2.34. The van der Waals surface area contributed by atoms with E-state index in [0.29, 0.717) is 19.1 Å². The van der Waals surface area contributed by atoms with Crippen molar-refractivity contribution < 1.29 is 15.7 Å². The Morgan fingerprint density at radius 1 is 1.18 bits per heavy atom. The Morgan fingerprint density at radius 2 is 1.79 bits per heavy atom. The number of piperazine rings is 1. The quantitative estimate of drug-likeness (QED) is 0.770. The van der Waals surface area contributed by atoms with E-state index in [1.54, 1.807) is 13.8 Å². The Balaban J connectivity index is 1.91. The second-order valence-electron chi connectivity index (χ2n) is 9.05. The number of hydrogen-bond acceptors (Lipinski definition) is 5. The lowest BCUT2D eigenvalue weighted by molar-refractivity contribution is -0.137. The molecule has 2 aliphatic rings. The molecule has 28 heavy (non-hydrogen) atoms. The molecule has 2 rings (SSSR count). The molecule has 2 atom stereocenters. The van der Waals surface area contributed by atoms with Crippen molar-refractivity contribution in [1.82, 2.24) is 20.0 Å². The van der Waals surface area contributed by atoms with Crippen molar-refractivity contribution in [1.29, 1.82) is 0 Å². The maximum Gasteiger partial charge on any atom is 0.408 e. The number of amides is 2. The van der Waals surface area contributed by atoms with Crippen molar-refractivity contribution in [2.75, 3.05) is 46.3 Å². The van der Waals surface area contributed by atoms with Gasteiger partial charge in [-0.15, -0.1) is 0 Å². The summed E-state index contributed by atoms with van der Waals surface area (Å²) in [6, 6.07) is 0.0259. The number of carbonyl (C=O) groups is 2. The first-order chi connectivity index (χ1) is 13.7. The Morgan fingerprint density at radius 3 is 2.32 bits per heavy atom. The summed E-state index contributed by atoms with van der Waals surface area (Å²) in [6.45, 7) is 12.8. The predicted octanol–water partition coefficient (Wildman–Crippen LogP) is 2.16. The fraction of sp³-hybridized carbons (Fsp3) is 0.905. The molecule has 2 heterocycles. The number of hydrogen-bond donors (Lipinski definition) is 1. The van der Waals surface area contributed by atoms with Crippen molar-refractivity contribution in [2.45, 2.75) is 71.5 Å². The lowest BCUT2D eigenvalue weighted by Gasteiger charge is -2.43. The van der Waals surface area contributed by atoms with Crippen LogP contribution in [0.15, 0.2) is 0 Å². The molecule has 2 amide bonds. The zero-order chi connectivity index (χ0) is 21.6. The van der Waals surface area contributed by atoms with Crippen molar-refractivity contribution in [3.63, 3.8) is 0 Å². The SMILES string of the molecule is [2H]CC(C)(C)OC(=O)N[C@H](C(=O)N1CCN(C2CCN(C)CC2)CC1)[C@@H](C)CC. The minimum absolute atomic E-state index is 0.0149. The molecule has 2 saturated heterocycles. The first-order valence-corrected chi connectivity index (χ1v) is 10.7. The number of nitrogens with zero attached hydrogens (tertiary/aromatic N) is 3. The van der Waals surface area contributed by atoms with E-state index in [1.807, 2.05) is 18.7 Å². The van der Waals surface area contributed by atoms with Crippen LogP contribution in [0.2, 0.25) is 0 Å². The fourth-order valence-electron chi connectivity index (χ4n) is 3.95. The van der Waals surface area contributed by atoms with Gasteiger partial charge < -0.3 is 19.9 Å². The van der Waals surface area contributed by atoms with Crippen LogP contribution in [0.25, 0.3) is 0 Å². The molecule has 0 spiro atoms. The second-order valence-corrected chi connectivity index (χ2v) is 9.05. The number of carbonyl (C=O) groups excluding carboxylic acids is 2. The Labute approximate surface area is 172 Å². The number of ether oxygens (including phenoxy) is 1. The average Bonchev–Trinajstić information content (AvgIpc) is 2.71. The van der Waals surface area contributed by atoms with Gasteiger partial charge in [-0.25, -0.2) is 4.79 Å². The van der Waals surface area contributed by atoms with Crippen LogP contribution in [0.5, 0.6) is 0 Å². The number of nitrogens with one attached hydrogen (secondary N) is 1. The van der Waals surface area contributed by atoms with E-state index in [-0.39, 0.29) is 18.7 Å². The van der Waals surface area contributed by atoms with Crippen LogP contribution in [0, 0.1) is 5.92 Å². The monoisotopic (exact) mass is 397 g/mol. The molecule has 0 aromatic rings. The third-order valence-electron chi connectivity index (χ3n) is 5.95. The van der Waals surface area contributed by atoms with Gasteiger partial charge in [0, 0.05) is 33.6 Å². The van der Waals surface area contributed by atoms with Crippen LogP contribution in [0.3, 0.4) is 0 Å². The summed E-state index contributed by atoms with van der Waals surface area (Å²) in [7, 11) is 2.17. The van der Waals surface area contributed by atoms with E-state index in [1.165, 1.54) is 12.8 Å². The highest BCUT2D eigenvalue weighted by molar-refractivity contribution is 5.86. The molecule has 1 N–H and O–H groups in total. The van der Waals surface area contributed by atoms with Gasteiger partial charge in [-0.2, -0.15) is 0 Å². The molecule has 0 radical (unpaired) electrons. The standard InChI is InChI=1S/C21H40N4O3/c1-7-16(2)18(22-20(27)28-21(3,4)5)19(26)25-14-12-24(13-15-25)17-8-10-23(6)11-9-17/h16-18H,7-15H2,1-6H3,(H,22,27)/t16-,18-/m0/s1/i3D. The van der Waals surface area contributed by atoms with Crippen LogP contribution in [-0.2, 0) is 9.53 Å². The first-order valence-electron chi connectivity index (χ1n) is 11.4. The number of alkyl carbamates (subject to hydrolysis) is 1. The molecule has 0 unspecified atom stereocenters. The number of piperidine rings is 1. The van der Waals surface area contributed by atoms with Crippen molar-refractivity contribution >= 4 is 12.0 Å². The van der Waals surface area contributed by atoms with E-state index < -0.39 is 17.7 Å². The molecular weight excluding hydrogens is 356 g/mol. The lowest BCUT2D eigenvalue weighted by Crippen LogP contribution is -2.58. The zero-order valence-corrected chi connectivity index (χ0v) is 18.4. The summed E-state index contributed by atoms with van der Waals surface area (Å²) < 4.78 is 12.8. The Bertz CT molecular complexity index is 544. The summed E-state index contributed by atoms with van der Waals surface area (Å²) in [6.07, 6.45) is 2.55. The zero-order valence-electron chi connectivity index (χ0n) is 19.4. The van der Waals surface area contributed by atoms with Gasteiger partial charge in [-0.05, 0) is 59.6 Å². The minimum atomic E-state index is -0.868.